The summed E-state index contributed by atoms with van der Waals surface area (Å²) in [6.07, 6.45) is 9.80. The highest BCUT2D eigenvalue weighted by Gasteiger charge is 1.87. The maximum absolute atomic E-state index is 9.96. The Morgan fingerprint density at radius 3 is 0.405 bits per heavy atom. The molecule has 84 heavy (non-hydrogen) atoms. The molecule has 14 nitrogen and oxygen atoms in total. The Bertz CT molecular complexity index is 417. The van der Waals surface area contributed by atoms with Crippen LogP contribution in [0.15, 0.2) is 0 Å². The van der Waals surface area contributed by atoms with Gasteiger partial charge in [-0.2, -0.15) is 23.5 Å². The number of carbonyl (C=O) groups excluding carboxylic acids is 1. The van der Waals surface area contributed by atoms with Crippen molar-refractivity contribution >= 4 is 29.5 Å². The molecule has 0 rings (SSSR count). The predicted octanol–water partition coefficient (Wildman–Crippen LogP) is 25.3. The minimum absolute atomic E-state index is 0. The summed E-state index contributed by atoms with van der Waals surface area (Å²) in [4.78, 5) is 9.96. The van der Waals surface area contributed by atoms with Gasteiger partial charge in [-0.3, -0.25) is 4.79 Å². The van der Waals surface area contributed by atoms with Crippen LogP contribution in [0.25, 0.3) is 0 Å². The van der Waals surface area contributed by atoms with Crippen LogP contribution >= 0.6 is 23.5 Å². The summed E-state index contributed by atoms with van der Waals surface area (Å²) in [5.74, 6) is 2.31. The van der Waals surface area contributed by atoms with E-state index in [1.54, 1.807) is 49.6 Å². The van der Waals surface area contributed by atoms with E-state index in [1.165, 1.54) is 44.3 Å². The van der Waals surface area contributed by atoms with Gasteiger partial charge in [-0.15, -0.1) is 0 Å². The fourth-order valence-corrected chi connectivity index (χ4v) is 1.22. The first-order chi connectivity index (χ1) is 31.7. The monoisotopic (exact) mass is 1300 g/mol. The molecule has 0 aliphatic heterocycles. The van der Waals surface area contributed by atoms with Gasteiger partial charge in [0.25, 0.3) is 0 Å². The summed E-state index contributed by atoms with van der Waals surface area (Å²) in [5, 5.41) is 0. The second kappa shape index (κ2) is 369. The average Bonchev–Trinajstić information content (AvgIpc) is 3.35. The summed E-state index contributed by atoms with van der Waals surface area (Å²) in [6.45, 7) is 48.1. The van der Waals surface area contributed by atoms with E-state index in [1.807, 2.05) is 92.8 Å². The Labute approximate surface area is 557 Å². The first-order valence-corrected chi connectivity index (χ1v) is 26.9. The van der Waals surface area contributed by atoms with Gasteiger partial charge in [0.1, 0.15) is 27.2 Å². The topological polar surface area (TPSA) is 137 Å². The average molecular weight is 1300 g/mol. The van der Waals surface area contributed by atoms with Gasteiger partial charge in [0.2, 0.25) is 0 Å². The molecule has 0 unspecified atom stereocenters. The van der Waals surface area contributed by atoms with Gasteiger partial charge in [0.15, 0.2) is 0 Å². The zero-order valence-electron chi connectivity index (χ0n) is 49.9. The fourth-order valence-electron chi connectivity index (χ4n) is 1.22. The predicted molar refractivity (Wildman–Crippen MR) is 418 cm³/mol. The molecule has 0 aliphatic carbocycles. The molecule has 0 aromatic carbocycles. The smallest absolute Gasteiger partial charge is 0.305 e. The SMILES string of the molecule is C.C.C.C.C.C.C.C.C.C.C.C.C.C.C.C.C.C.CCC.CCC.CCC(=O)OC.CCCC.CCOC.CCOC.CCOCC.CCOCC.CCOCOC.CCOCOC.CCOCOC.CCOCOC.CCSC.CCSC. The van der Waals surface area contributed by atoms with Gasteiger partial charge in [0, 0.05) is 115 Å². The molecular weight excluding hydrogens is 1100 g/mol. The van der Waals surface area contributed by atoms with Gasteiger partial charge in [-0.05, 0) is 93.3 Å². The molecule has 0 aromatic heterocycles. The minimum atomic E-state index is -0.157. The summed E-state index contributed by atoms with van der Waals surface area (Å²) in [5.41, 5.74) is 0. The zero-order valence-corrected chi connectivity index (χ0v) is 51.5. The van der Waals surface area contributed by atoms with Gasteiger partial charge in [-0.1, -0.05) is 222 Å². The van der Waals surface area contributed by atoms with Crippen LogP contribution in [-0.4, -0.2) is 173 Å². The Kier molecular flexibility index (Phi) is 940. The number of ether oxygens (including phenoxy) is 13. The molecule has 16 heteroatoms. The van der Waals surface area contributed by atoms with E-state index in [9.17, 15) is 4.79 Å². The van der Waals surface area contributed by atoms with Gasteiger partial charge in [-0.25, -0.2) is 0 Å². The van der Waals surface area contributed by atoms with E-state index >= 15 is 0 Å². The van der Waals surface area contributed by atoms with Crippen molar-refractivity contribution in [2.24, 2.45) is 0 Å². The first kappa shape index (κ1) is 214. The van der Waals surface area contributed by atoms with Crippen molar-refractivity contribution < 1.29 is 66.4 Å². The molecule has 0 heterocycles. The molecule has 0 amide bonds. The number of hydrogen-bond acceptors (Lipinski definition) is 16. The number of rotatable bonds is 22. The maximum Gasteiger partial charge on any atom is 0.305 e. The maximum atomic E-state index is 9.96. The van der Waals surface area contributed by atoms with Gasteiger partial charge < -0.3 is 61.6 Å². The number of carbonyl (C=O) groups is 1. The number of unbranched alkanes of at least 4 members (excludes halogenated alkanes) is 1. The van der Waals surface area contributed by atoms with Crippen LogP contribution in [0.3, 0.4) is 0 Å². The molecule has 0 spiro atoms. The van der Waals surface area contributed by atoms with E-state index in [-0.39, 0.29) is 140 Å². The largest absolute Gasteiger partial charge is 0.469 e. The third-order valence-electron chi connectivity index (χ3n) is 4.61. The number of methoxy groups -OCH3 is 7. The van der Waals surface area contributed by atoms with Crippen molar-refractivity contribution in [1.29, 1.82) is 0 Å². The van der Waals surface area contributed by atoms with Crippen molar-refractivity contribution in [2.75, 3.05) is 167 Å². The fraction of sp³-hybridized carbons (Fsp3) is 0.985. The molecule has 0 aromatic rings. The van der Waals surface area contributed by atoms with Crippen LogP contribution in [0.2, 0.25) is 0 Å². The minimum Gasteiger partial charge on any atom is -0.469 e. The Hall–Kier alpha value is -0.310. The number of hydrogen-bond donors (Lipinski definition) is 0. The molecule has 0 N–H and O–H groups in total. The lowest BCUT2D eigenvalue weighted by molar-refractivity contribution is -0.140. The normalized spacial score (nSPS) is 6.33. The van der Waals surface area contributed by atoms with Crippen LogP contribution in [0.4, 0.5) is 0 Å². The summed E-state index contributed by atoms with van der Waals surface area (Å²) in [6, 6.07) is 0. The highest BCUT2D eigenvalue weighted by atomic mass is 32.2. The van der Waals surface area contributed by atoms with E-state index < -0.39 is 0 Å². The lowest BCUT2D eigenvalue weighted by Gasteiger charge is -1.93. The van der Waals surface area contributed by atoms with Crippen molar-refractivity contribution in [3.63, 3.8) is 0 Å². The summed E-state index contributed by atoms with van der Waals surface area (Å²) < 4.78 is 60.3. The van der Waals surface area contributed by atoms with Crippen molar-refractivity contribution in [1.82, 2.24) is 0 Å². The van der Waals surface area contributed by atoms with Crippen LogP contribution in [0, 0.1) is 0 Å². The Morgan fingerprint density at radius 1 is 0.262 bits per heavy atom. The molecule has 0 aliphatic rings. The van der Waals surface area contributed by atoms with E-state index in [0.29, 0.717) is 33.6 Å². The molecule has 566 valence electrons. The summed E-state index contributed by atoms with van der Waals surface area (Å²) >= 11 is 3.71. The van der Waals surface area contributed by atoms with E-state index in [2.05, 4.69) is 101 Å². The van der Waals surface area contributed by atoms with Gasteiger partial charge >= 0.3 is 5.97 Å². The number of esters is 1. The third-order valence-corrected chi connectivity index (χ3v) is 5.76. The zero-order chi connectivity index (χ0) is 55.0. The second-order valence-corrected chi connectivity index (χ2v) is 13.1. The highest BCUT2D eigenvalue weighted by molar-refractivity contribution is 7.98. The van der Waals surface area contributed by atoms with Crippen LogP contribution < -0.4 is 0 Å². The van der Waals surface area contributed by atoms with Crippen LogP contribution in [0.5, 0.6) is 0 Å². The summed E-state index contributed by atoms with van der Waals surface area (Å²) in [7, 11) is 11.2. The van der Waals surface area contributed by atoms with Crippen molar-refractivity contribution in [3.05, 3.63) is 0 Å². The highest BCUT2D eigenvalue weighted by Crippen LogP contribution is 1.84. The van der Waals surface area contributed by atoms with Crippen molar-refractivity contribution in [3.8, 4) is 0 Å². The van der Waals surface area contributed by atoms with E-state index in [0.717, 1.165) is 66.1 Å². The van der Waals surface area contributed by atoms with Crippen LogP contribution in [0.1, 0.15) is 297 Å². The quantitative estimate of drug-likeness (QED) is 0.0577. The standard InChI is InChI=1S/4C4H10O2.C4H8O2.2C4H10O.C4H10.2C3H8O.2C3H8S.2C3H8.18CH4/c4*1-3-6-4-5-2;1-3-4(5)6-2;2*1-3-5-4-2;5*1-3-4-2;2*1-3-2;;;;;;;;;;;;;;;;;;/h4*3-4H2,1-2H3;3H2,1-2H3;2*3-4H2,1-2H3;3-4H2,1-2H3;4*3H2,1-2H3;2*3H2,1-2H3;18*1H4. The lowest BCUT2D eigenvalue weighted by Crippen LogP contribution is -1.94. The first-order valence-electron chi connectivity index (χ1n) is 24.1. The second-order valence-electron chi connectivity index (χ2n) is 10.8. The molecule has 0 radical (unpaired) electrons. The molecule has 0 fully saturated rings. The number of thioether (sulfide) groups is 2. The Morgan fingerprint density at radius 2 is 0.393 bits per heavy atom. The molecule has 0 saturated carbocycles. The molecule has 0 bridgehead atoms. The van der Waals surface area contributed by atoms with Crippen LogP contribution in [-0.2, 0) is 66.4 Å². The Balaban J connectivity index is -0.0000000114. The molecule has 0 saturated heterocycles. The third kappa shape index (κ3) is 873. The van der Waals surface area contributed by atoms with Crippen molar-refractivity contribution in [2.45, 2.75) is 297 Å². The van der Waals surface area contributed by atoms with Gasteiger partial charge in [0.05, 0.1) is 7.11 Å². The lowest BCUT2D eigenvalue weighted by atomic mass is 10.4. The van der Waals surface area contributed by atoms with E-state index in [4.69, 9.17) is 28.4 Å². The molecular formula is C68H198O14S2. The molecule has 0 atom stereocenters.